The fourth-order valence-electron chi connectivity index (χ4n) is 3.04. The van der Waals surface area contributed by atoms with Crippen LogP contribution in [0.1, 0.15) is 34.7 Å². The summed E-state index contributed by atoms with van der Waals surface area (Å²) < 4.78 is 45.0. The fourth-order valence-corrected chi connectivity index (χ4v) is 3.04. The molecule has 1 aromatic heterocycles. The predicted octanol–water partition coefficient (Wildman–Crippen LogP) is 5.36. The van der Waals surface area contributed by atoms with Crippen LogP contribution in [0.3, 0.4) is 0 Å². The molecule has 2 heterocycles. The Morgan fingerprint density at radius 1 is 0.741 bits per heavy atom. The Morgan fingerprint density at radius 3 is 2.00 bits per heavy atom. The average molecular weight is 368 g/mol. The highest BCUT2D eigenvalue weighted by molar-refractivity contribution is 5.93. The smallest absolute Gasteiger partial charge is 0.433 e. The molecule has 2 aromatic carbocycles. The molecule has 3 nitrogen and oxygen atoms in total. The lowest BCUT2D eigenvalue weighted by atomic mass is 9.97. The maximum atomic E-state index is 13.0. The van der Waals surface area contributed by atoms with Crippen molar-refractivity contribution >= 4 is 5.90 Å². The highest BCUT2D eigenvalue weighted by Crippen LogP contribution is 2.41. The van der Waals surface area contributed by atoms with Crippen LogP contribution in [0.4, 0.5) is 13.2 Å². The van der Waals surface area contributed by atoms with E-state index in [0.29, 0.717) is 0 Å². The van der Waals surface area contributed by atoms with E-state index in [4.69, 9.17) is 4.74 Å². The van der Waals surface area contributed by atoms with E-state index in [1.807, 2.05) is 60.7 Å². The summed E-state index contributed by atoms with van der Waals surface area (Å²) in [6.07, 6.45) is -4.95. The molecule has 2 atom stereocenters. The van der Waals surface area contributed by atoms with Crippen LogP contribution in [0.15, 0.2) is 83.9 Å². The predicted molar refractivity (Wildman–Crippen MR) is 95.2 cm³/mol. The van der Waals surface area contributed by atoms with Crippen molar-refractivity contribution in [1.29, 1.82) is 0 Å². The minimum atomic E-state index is -4.52. The van der Waals surface area contributed by atoms with Gasteiger partial charge in [0.2, 0.25) is 5.90 Å². The number of alkyl halides is 3. The Morgan fingerprint density at radius 2 is 1.37 bits per heavy atom. The molecular weight excluding hydrogens is 353 g/mol. The van der Waals surface area contributed by atoms with Gasteiger partial charge in [0.15, 0.2) is 6.10 Å². The first-order valence-corrected chi connectivity index (χ1v) is 8.41. The number of aromatic nitrogens is 1. The van der Waals surface area contributed by atoms with E-state index in [1.54, 1.807) is 0 Å². The molecular formula is C21H15F3N2O. The number of benzene rings is 2. The highest BCUT2D eigenvalue weighted by Gasteiger charge is 2.36. The van der Waals surface area contributed by atoms with Gasteiger partial charge in [-0.15, -0.1) is 0 Å². The van der Waals surface area contributed by atoms with Crippen molar-refractivity contribution in [3.8, 4) is 0 Å². The zero-order chi connectivity index (χ0) is 18.9. The number of pyridine rings is 1. The van der Waals surface area contributed by atoms with E-state index < -0.39 is 18.0 Å². The minimum absolute atomic E-state index is 0.0733. The van der Waals surface area contributed by atoms with Gasteiger partial charge < -0.3 is 4.74 Å². The van der Waals surface area contributed by atoms with Gasteiger partial charge in [-0.3, -0.25) is 0 Å². The molecule has 3 aromatic rings. The summed E-state index contributed by atoms with van der Waals surface area (Å²) in [5.74, 6) is 0.115. The van der Waals surface area contributed by atoms with Gasteiger partial charge in [-0.1, -0.05) is 66.7 Å². The van der Waals surface area contributed by atoms with Crippen molar-refractivity contribution in [2.75, 3.05) is 0 Å². The summed E-state index contributed by atoms with van der Waals surface area (Å²) in [7, 11) is 0. The summed E-state index contributed by atoms with van der Waals surface area (Å²) in [6.45, 7) is 0. The van der Waals surface area contributed by atoms with E-state index >= 15 is 0 Å². The van der Waals surface area contributed by atoms with Gasteiger partial charge in [-0.2, -0.15) is 13.2 Å². The number of halogens is 3. The number of hydrogen-bond acceptors (Lipinski definition) is 3. The van der Waals surface area contributed by atoms with Crippen molar-refractivity contribution in [1.82, 2.24) is 4.98 Å². The Labute approximate surface area is 154 Å². The molecule has 27 heavy (non-hydrogen) atoms. The van der Waals surface area contributed by atoms with Crippen LogP contribution in [0, 0.1) is 0 Å². The molecule has 0 fully saturated rings. The minimum Gasteiger partial charge on any atom is -0.465 e. The van der Waals surface area contributed by atoms with E-state index in [2.05, 4.69) is 9.98 Å². The molecule has 0 bridgehead atoms. The lowest BCUT2D eigenvalue weighted by molar-refractivity contribution is -0.141. The van der Waals surface area contributed by atoms with Crippen molar-refractivity contribution in [2.45, 2.75) is 18.3 Å². The summed E-state index contributed by atoms with van der Waals surface area (Å²) in [5, 5.41) is 0. The number of nitrogens with zero attached hydrogens (tertiary/aromatic N) is 2. The molecule has 6 heteroatoms. The van der Waals surface area contributed by atoms with E-state index in [-0.39, 0.29) is 17.6 Å². The van der Waals surface area contributed by atoms with Gasteiger partial charge in [0, 0.05) is 0 Å². The first kappa shape index (κ1) is 17.3. The van der Waals surface area contributed by atoms with Gasteiger partial charge in [-0.05, 0) is 23.3 Å². The second kappa shape index (κ2) is 6.87. The standard InChI is InChI=1S/C21H15F3N2O/c22-21(23,24)17-13-7-12-16(25-17)20-26-18(14-8-3-1-4-9-14)19(27-20)15-10-5-2-6-11-15/h1-13,18-19H/t18-,19+/m0/s1. The molecule has 1 aliphatic heterocycles. The summed E-state index contributed by atoms with van der Waals surface area (Å²) >= 11 is 0. The molecule has 1 aliphatic rings. The molecule has 136 valence electrons. The molecule has 0 unspecified atom stereocenters. The van der Waals surface area contributed by atoms with Crippen LogP contribution in [-0.2, 0) is 10.9 Å². The van der Waals surface area contributed by atoms with Crippen molar-refractivity contribution in [2.24, 2.45) is 4.99 Å². The Kier molecular flexibility index (Phi) is 4.39. The van der Waals surface area contributed by atoms with Gasteiger partial charge in [0.1, 0.15) is 17.4 Å². The largest absolute Gasteiger partial charge is 0.465 e. The first-order chi connectivity index (χ1) is 13.0. The average Bonchev–Trinajstić information content (AvgIpc) is 3.14. The van der Waals surface area contributed by atoms with Crippen molar-refractivity contribution in [3.63, 3.8) is 0 Å². The molecule has 0 aliphatic carbocycles. The maximum Gasteiger partial charge on any atom is 0.433 e. The van der Waals surface area contributed by atoms with Crippen LogP contribution in [0.2, 0.25) is 0 Å². The normalized spacial score (nSPS) is 19.4. The number of hydrogen-bond donors (Lipinski definition) is 0. The molecule has 0 saturated carbocycles. The lowest BCUT2D eigenvalue weighted by Crippen LogP contribution is -2.13. The summed E-state index contributed by atoms with van der Waals surface area (Å²) in [6, 6.07) is 22.4. The Balaban J connectivity index is 1.74. The van der Waals surface area contributed by atoms with Gasteiger partial charge >= 0.3 is 6.18 Å². The third-order valence-corrected chi connectivity index (χ3v) is 4.31. The number of rotatable bonds is 3. The van der Waals surface area contributed by atoms with Crippen LogP contribution in [0.5, 0.6) is 0 Å². The highest BCUT2D eigenvalue weighted by atomic mass is 19.4. The molecule has 4 rings (SSSR count). The van der Waals surface area contributed by atoms with Gasteiger partial charge in [-0.25, -0.2) is 9.98 Å². The first-order valence-electron chi connectivity index (χ1n) is 8.41. The zero-order valence-corrected chi connectivity index (χ0v) is 14.1. The molecule has 0 radical (unpaired) electrons. The number of ether oxygens (including phenoxy) is 1. The van der Waals surface area contributed by atoms with Gasteiger partial charge in [0.05, 0.1) is 0 Å². The molecule has 0 saturated heterocycles. The Bertz CT molecular complexity index is 956. The van der Waals surface area contributed by atoms with Crippen LogP contribution < -0.4 is 0 Å². The number of aliphatic imine (C=N–C) groups is 1. The van der Waals surface area contributed by atoms with E-state index in [0.717, 1.165) is 17.2 Å². The Hall–Kier alpha value is -3.15. The molecule has 0 spiro atoms. The van der Waals surface area contributed by atoms with E-state index in [9.17, 15) is 13.2 Å². The van der Waals surface area contributed by atoms with Gasteiger partial charge in [0.25, 0.3) is 0 Å². The molecule has 0 amide bonds. The zero-order valence-electron chi connectivity index (χ0n) is 14.1. The topological polar surface area (TPSA) is 34.5 Å². The maximum absolute atomic E-state index is 13.0. The second-order valence-corrected chi connectivity index (χ2v) is 6.14. The summed E-state index contributed by atoms with van der Waals surface area (Å²) in [4.78, 5) is 8.28. The quantitative estimate of drug-likeness (QED) is 0.624. The van der Waals surface area contributed by atoms with Crippen molar-refractivity contribution in [3.05, 3.63) is 101 Å². The summed E-state index contributed by atoms with van der Waals surface area (Å²) in [5.41, 5.74) is 0.931. The lowest BCUT2D eigenvalue weighted by Gasteiger charge is -2.18. The SMILES string of the molecule is FC(F)(F)c1cccc(C2=N[C@@H](c3ccccc3)[C@@H](c3ccccc3)O2)n1. The fraction of sp³-hybridized carbons (Fsp3) is 0.143. The third-order valence-electron chi connectivity index (χ3n) is 4.31. The van der Waals surface area contributed by atoms with E-state index in [1.165, 1.54) is 12.1 Å². The van der Waals surface area contributed by atoms with Crippen LogP contribution >= 0.6 is 0 Å². The third kappa shape index (κ3) is 3.56. The van der Waals surface area contributed by atoms with Crippen LogP contribution in [0.25, 0.3) is 0 Å². The molecule has 0 N–H and O–H groups in total. The second-order valence-electron chi connectivity index (χ2n) is 6.14. The van der Waals surface area contributed by atoms with Crippen LogP contribution in [-0.4, -0.2) is 10.9 Å². The monoisotopic (exact) mass is 368 g/mol. The van der Waals surface area contributed by atoms with Crippen molar-refractivity contribution < 1.29 is 17.9 Å².